The molecule has 0 saturated heterocycles. The Bertz CT molecular complexity index is 917. The van der Waals surface area contributed by atoms with E-state index in [2.05, 4.69) is 15.2 Å². The zero-order valence-corrected chi connectivity index (χ0v) is 13.1. The SMILES string of the molecule is CC(F)c1nnc(-c2ccc(COc3ccc(C#N)cc3F)nc2)o1. The number of aromatic nitrogens is 3. The average Bonchev–Trinajstić information content (AvgIpc) is 3.11. The van der Waals surface area contributed by atoms with Crippen LogP contribution in [0.5, 0.6) is 5.75 Å². The van der Waals surface area contributed by atoms with E-state index in [0.29, 0.717) is 11.3 Å². The highest BCUT2D eigenvalue weighted by atomic mass is 19.1. The van der Waals surface area contributed by atoms with E-state index in [0.717, 1.165) is 6.07 Å². The lowest BCUT2D eigenvalue weighted by atomic mass is 10.2. The van der Waals surface area contributed by atoms with Crippen LogP contribution >= 0.6 is 0 Å². The topological polar surface area (TPSA) is 84.8 Å². The van der Waals surface area contributed by atoms with Crippen molar-refractivity contribution in [2.45, 2.75) is 19.7 Å². The number of nitriles is 1. The first kappa shape index (κ1) is 16.5. The Morgan fingerprint density at radius 1 is 1.28 bits per heavy atom. The fourth-order valence-electron chi connectivity index (χ4n) is 1.99. The smallest absolute Gasteiger partial charge is 0.250 e. The first-order valence-corrected chi connectivity index (χ1v) is 7.32. The van der Waals surface area contributed by atoms with Crippen LogP contribution in [0.4, 0.5) is 8.78 Å². The van der Waals surface area contributed by atoms with Gasteiger partial charge < -0.3 is 9.15 Å². The minimum absolute atomic E-state index is 0.0309. The minimum Gasteiger partial charge on any atom is -0.484 e. The Morgan fingerprint density at radius 2 is 2.12 bits per heavy atom. The second-order valence-corrected chi connectivity index (χ2v) is 5.15. The van der Waals surface area contributed by atoms with Gasteiger partial charge in [-0.25, -0.2) is 8.78 Å². The Morgan fingerprint density at radius 3 is 2.72 bits per heavy atom. The van der Waals surface area contributed by atoms with Crippen molar-refractivity contribution < 1.29 is 17.9 Å². The third kappa shape index (κ3) is 3.77. The lowest BCUT2D eigenvalue weighted by Crippen LogP contribution is -2.00. The van der Waals surface area contributed by atoms with Crippen molar-refractivity contribution in [2.75, 3.05) is 0 Å². The lowest BCUT2D eigenvalue weighted by molar-refractivity contribution is 0.286. The fraction of sp³-hybridized carbons (Fsp3) is 0.176. The monoisotopic (exact) mass is 342 g/mol. The number of alkyl halides is 1. The molecule has 2 aromatic heterocycles. The van der Waals surface area contributed by atoms with Crippen molar-refractivity contribution in [1.82, 2.24) is 15.2 Å². The summed E-state index contributed by atoms with van der Waals surface area (Å²) >= 11 is 0. The van der Waals surface area contributed by atoms with Gasteiger partial charge in [0.15, 0.2) is 17.7 Å². The molecule has 0 N–H and O–H groups in total. The largest absolute Gasteiger partial charge is 0.484 e. The molecule has 2 heterocycles. The third-order valence-electron chi connectivity index (χ3n) is 3.29. The number of pyridine rings is 1. The molecule has 0 amide bonds. The molecule has 0 fully saturated rings. The summed E-state index contributed by atoms with van der Waals surface area (Å²) in [5, 5.41) is 16.1. The van der Waals surface area contributed by atoms with Gasteiger partial charge in [0.1, 0.15) is 6.61 Å². The number of halogens is 2. The van der Waals surface area contributed by atoms with Gasteiger partial charge in [-0.05, 0) is 37.3 Å². The number of ether oxygens (including phenoxy) is 1. The Hall–Kier alpha value is -3.34. The molecule has 1 atom stereocenters. The normalized spacial score (nSPS) is 11.8. The summed E-state index contributed by atoms with van der Waals surface area (Å²) in [4.78, 5) is 4.17. The van der Waals surface area contributed by atoms with E-state index < -0.39 is 12.0 Å². The number of rotatable bonds is 5. The molecule has 0 saturated carbocycles. The van der Waals surface area contributed by atoms with E-state index in [1.54, 1.807) is 12.1 Å². The van der Waals surface area contributed by atoms with Crippen LogP contribution in [0, 0.1) is 17.1 Å². The van der Waals surface area contributed by atoms with Crippen LogP contribution in [0.2, 0.25) is 0 Å². The van der Waals surface area contributed by atoms with E-state index >= 15 is 0 Å². The summed E-state index contributed by atoms with van der Waals surface area (Å²) in [5.74, 6) is -0.519. The first-order valence-electron chi connectivity index (χ1n) is 7.32. The summed E-state index contributed by atoms with van der Waals surface area (Å²) in [6.45, 7) is 1.35. The van der Waals surface area contributed by atoms with Gasteiger partial charge in [-0.15, -0.1) is 10.2 Å². The molecule has 126 valence electrons. The van der Waals surface area contributed by atoms with Crippen LogP contribution in [0.1, 0.15) is 30.2 Å². The van der Waals surface area contributed by atoms with Gasteiger partial charge >= 0.3 is 0 Å². The number of hydrogen-bond acceptors (Lipinski definition) is 6. The summed E-state index contributed by atoms with van der Waals surface area (Å²) < 4.78 is 37.4. The van der Waals surface area contributed by atoms with E-state index in [1.165, 1.54) is 25.3 Å². The molecule has 6 nitrogen and oxygen atoms in total. The molecule has 0 aliphatic rings. The van der Waals surface area contributed by atoms with Crippen LogP contribution in [-0.4, -0.2) is 15.2 Å². The van der Waals surface area contributed by atoms with Gasteiger partial charge in [0.05, 0.1) is 22.9 Å². The van der Waals surface area contributed by atoms with Gasteiger partial charge in [0.2, 0.25) is 5.89 Å². The minimum atomic E-state index is -1.34. The van der Waals surface area contributed by atoms with Crippen molar-refractivity contribution in [3.63, 3.8) is 0 Å². The molecule has 0 spiro atoms. The predicted molar refractivity (Wildman–Crippen MR) is 82.5 cm³/mol. The number of nitrogens with zero attached hydrogens (tertiary/aromatic N) is 4. The quantitative estimate of drug-likeness (QED) is 0.702. The standard InChI is InChI=1S/C17H12F2N4O2/c1-10(18)16-22-23-17(25-16)12-3-4-13(21-8-12)9-24-15-5-2-11(7-20)6-14(15)19/h2-6,8,10H,9H2,1H3. The van der Waals surface area contributed by atoms with Crippen LogP contribution in [0.15, 0.2) is 40.9 Å². The maximum atomic E-state index is 13.7. The third-order valence-corrected chi connectivity index (χ3v) is 3.29. The zero-order chi connectivity index (χ0) is 17.8. The molecule has 1 aromatic carbocycles. The molecule has 8 heteroatoms. The molecular weight excluding hydrogens is 330 g/mol. The summed E-state index contributed by atoms with van der Waals surface area (Å²) in [5.41, 5.74) is 1.30. The number of benzene rings is 1. The second-order valence-electron chi connectivity index (χ2n) is 5.15. The van der Waals surface area contributed by atoms with Gasteiger partial charge in [0, 0.05) is 6.20 Å². The van der Waals surface area contributed by atoms with Crippen LogP contribution in [0.3, 0.4) is 0 Å². The molecular formula is C17H12F2N4O2. The molecule has 0 aliphatic heterocycles. The molecule has 0 aliphatic carbocycles. The highest BCUT2D eigenvalue weighted by Crippen LogP contribution is 2.22. The summed E-state index contributed by atoms with van der Waals surface area (Å²) in [6.07, 6.45) is 0.137. The second kappa shape index (κ2) is 7.05. The van der Waals surface area contributed by atoms with Crippen molar-refractivity contribution in [1.29, 1.82) is 5.26 Å². The molecule has 0 bridgehead atoms. The number of hydrogen-bond donors (Lipinski definition) is 0. The van der Waals surface area contributed by atoms with Crippen LogP contribution in [-0.2, 0) is 6.61 Å². The fourth-order valence-corrected chi connectivity index (χ4v) is 1.99. The van der Waals surface area contributed by atoms with Crippen LogP contribution in [0.25, 0.3) is 11.5 Å². The van der Waals surface area contributed by atoms with Crippen LogP contribution < -0.4 is 4.74 Å². The zero-order valence-electron chi connectivity index (χ0n) is 13.1. The summed E-state index contributed by atoms with van der Waals surface area (Å²) in [7, 11) is 0. The van der Waals surface area contributed by atoms with E-state index in [-0.39, 0.29) is 29.7 Å². The van der Waals surface area contributed by atoms with Gasteiger partial charge in [-0.3, -0.25) is 4.98 Å². The Balaban J connectivity index is 1.67. The van der Waals surface area contributed by atoms with E-state index in [4.69, 9.17) is 14.4 Å². The molecule has 1 unspecified atom stereocenters. The average molecular weight is 342 g/mol. The highest BCUT2D eigenvalue weighted by molar-refractivity contribution is 5.50. The van der Waals surface area contributed by atoms with Gasteiger partial charge in [-0.2, -0.15) is 5.26 Å². The predicted octanol–water partition coefficient (Wildman–Crippen LogP) is 3.75. The van der Waals surface area contributed by atoms with Gasteiger partial charge in [-0.1, -0.05) is 0 Å². The van der Waals surface area contributed by atoms with Gasteiger partial charge in [0.25, 0.3) is 5.89 Å². The Kier molecular flexibility index (Phi) is 4.66. The lowest BCUT2D eigenvalue weighted by Gasteiger charge is -2.07. The van der Waals surface area contributed by atoms with E-state index in [9.17, 15) is 8.78 Å². The highest BCUT2D eigenvalue weighted by Gasteiger charge is 2.14. The first-order chi connectivity index (χ1) is 12.1. The van der Waals surface area contributed by atoms with Crippen molar-refractivity contribution in [3.05, 3.63) is 59.5 Å². The molecule has 3 rings (SSSR count). The molecule has 0 radical (unpaired) electrons. The molecule has 25 heavy (non-hydrogen) atoms. The summed E-state index contributed by atoms with van der Waals surface area (Å²) in [6, 6.07) is 9.13. The molecule has 3 aromatic rings. The van der Waals surface area contributed by atoms with E-state index in [1.807, 2.05) is 6.07 Å². The Labute approximate surface area is 141 Å². The maximum Gasteiger partial charge on any atom is 0.250 e. The van der Waals surface area contributed by atoms with Crippen molar-refractivity contribution in [2.24, 2.45) is 0 Å². The van der Waals surface area contributed by atoms with Crippen molar-refractivity contribution >= 4 is 0 Å². The maximum absolute atomic E-state index is 13.7. The van der Waals surface area contributed by atoms with Crippen molar-refractivity contribution in [3.8, 4) is 23.3 Å².